The predicted octanol–water partition coefficient (Wildman–Crippen LogP) is 1.35. The number of nitrogens with one attached hydrogen (secondary N) is 1. The van der Waals surface area contributed by atoms with Crippen molar-refractivity contribution in [1.82, 2.24) is 10.3 Å². The molecule has 0 spiro atoms. The summed E-state index contributed by atoms with van der Waals surface area (Å²) in [6.45, 7) is 3.47. The average Bonchev–Trinajstić information content (AvgIpc) is 2.88. The Hall–Kier alpha value is -1.95. The summed E-state index contributed by atoms with van der Waals surface area (Å²) in [5.74, 6) is 0.129. The molecule has 20 heavy (non-hydrogen) atoms. The van der Waals surface area contributed by atoms with Crippen LogP contribution in [0.1, 0.15) is 17.3 Å². The van der Waals surface area contributed by atoms with Crippen LogP contribution in [-0.4, -0.2) is 43.4 Å². The maximum absolute atomic E-state index is 12.3. The van der Waals surface area contributed by atoms with Crippen LogP contribution in [0, 0.1) is 0 Å². The van der Waals surface area contributed by atoms with Gasteiger partial charge in [0.05, 0.1) is 36.0 Å². The van der Waals surface area contributed by atoms with E-state index in [4.69, 9.17) is 22.1 Å². The van der Waals surface area contributed by atoms with Crippen LogP contribution in [0.5, 0.6) is 5.75 Å². The van der Waals surface area contributed by atoms with Gasteiger partial charge in [0.25, 0.3) is 5.91 Å². The Morgan fingerprint density at radius 2 is 2.40 bits per heavy atom. The average molecular weight is 297 g/mol. The maximum Gasteiger partial charge on any atom is 0.255 e. The normalized spacial score (nSPS) is 17.4. The molecule has 0 saturated heterocycles. The van der Waals surface area contributed by atoms with E-state index < -0.39 is 0 Å². The molecule has 6 nitrogen and oxygen atoms in total. The first-order valence-electron chi connectivity index (χ1n) is 6.28. The molecule has 1 aromatic rings. The molecule has 0 bridgehead atoms. The SMILES string of the molecule is CCN1CC(NC(=O)c2cc(Cl)c(N)cc2OC)C=N1. The Kier molecular flexibility index (Phi) is 4.34. The fraction of sp³-hybridized carbons (Fsp3) is 0.385. The van der Waals surface area contributed by atoms with Gasteiger partial charge in [0.1, 0.15) is 5.75 Å². The fourth-order valence-corrected chi connectivity index (χ4v) is 2.11. The Morgan fingerprint density at radius 1 is 1.65 bits per heavy atom. The number of anilines is 1. The second kappa shape index (κ2) is 6.00. The number of rotatable bonds is 4. The number of carbonyl (C=O) groups excluding carboxylic acids is 1. The number of halogens is 1. The van der Waals surface area contributed by atoms with Crippen LogP contribution < -0.4 is 15.8 Å². The van der Waals surface area contributed by atoms with Crippen molar-refractivity contribution in [3.63, 3.8) is 0 Å². The van der Waals surface area contributed by atoms with Gasteiger partial charge in [0.15, 0.2) is 0 Å². The highest BCUT2D eigenvalue weighted by Crippen LogP contribution is 2.28. The lowest BCUT2D eigenvalue weighted by molar-refractivity contribution is 0.0941. The second-order valence-electron chi connectivity index (χ2n) is 4.42. The van der Waals surface area contributed by atoms with E-state index in [0.29, 0.717) is 28.6 Å². The molecule has 1 aromatic carbocycles. The van der Waals surface area contributed by atoms with Crippen molar-refractivity contribution in [1.29, 1.82) is 0 Å². The molecule has 0 radical (unpaired) electrons. The molecule has 1 unspecified atom stereocenters. The van der Waals surface area contributed by atoms with Crippen LogP contribution in [0.4, 0.5) is 5.69 Å². The highest BCUT2D eigenvalue weighted by molar-refractivity contribution is 6.33. The van der Waals surface area contributed by atoms with Crippen molar-refractivity contribution < 1.29 is 9.53 Å². The quantitative estimate of drug-likeness (QED) is 0.822. The fourth-order valence-electron chi connectivity index (χ4n) is 1.95. The third-order valence-electron chi connectivity index (χ3n) is 3.06. The van der Waals surface area contributed by atoms with Crippen molar-refractivity contribution in [2.24, 2.45) is 5.10 Å². The molecule has 1 aliphatic heterocycles. The second-order valence-corrected chi connectivity index (χ2v) is 4.83. The summed E-state index contributed by atoms with van der Waals surface area (Å²) in [7, 11) is 1.48. The number of nitrogen functional groups attached to an aromatic ring is 1. The lowest BCUT2D eigenvalue weighted by atomic mass is 10.1. The topological polar surface area (TPSA) is 80.0 Å². The number of amides is 1. The molecule has 0 aliphatic carbocycles. The number of carbonyl (C=O) groups is 1. The number of likely N-dealkylation sites (N-methyl/N-ethyl adjacent to an activating group) is 1. The first kappa shape index (κ1) is 14.5. The lowest BCUT2D eigenvalue weighted by Crippen LogP contribution is -2.39. The van der Waals surface area contributed by atoms with Crippen LogP contribution >= 0.6 is 11.6 Å². The van der Waals surface area contributed by atoms with Gasteiger partial charge in [0.2, 0.25) is 0 Å². The molecular weight excluding hydrogens is 280 g/mol. The smallest absolute Gasteiger partial charge is 0.255 e. The molecule has 3 N–H and O–H groups in total. The van der Waals surface area contributed by atoms with E-state index in [1.165, 1.54) is 13.2 Å². The molecule has 1 atom stereocenters. The Labute approximate surface area is 122 Å². The molecule has 2 rings (SSSR count). The Bertz CT molecular complexity index is 547. The van der Waals surface area contributed by atoms with Gasteiger partial charge in [-0.15, -0.1) is 0 Å². The van der Waals surface area contributed by atoms with Gasteiger partial charge in [0, 0.05) is 18.8 Å². The molecule has 0 aromatic heterocycles. The van der Waals surface area contributed by atoms with Gasteiger partial charge in [-0.3, -0.25) is 9.80 Å². The van der Waals surface area contributed by atoms with Gasteiger partial charge in [-0.05, 0) is 13.0 Å². The van der Waals surface area contributed by atoms with E-state index in [1.54, 1.807) is 12.3 Å². The minimum Gasteiger partial charge on any atom is -0.496 e. The zero-order chi connectivity index (χ0) is 14.7. The Morgan fingerprint density at radius 3 is 3.00 bits per heavy atom. The minimum atomic E-state index is -0.266. The van der Waals surface area contributed by atoms with E-state index in [0.717, 1.165) is 6.54 Å². The summed E-state index contributed by atoms with van der Waals surface area (Å²) in [4.78, 5) is 12.3. The predicted molar refractivity (Wildman–Crippen MR) is 79.4 cm³/mol. The molecule has 7 heteroatoms. The standard InChI is InChI=1S/C13H17ClN4O2/c1-3-18-7-8(6-16-18)17-13(19)9-4-10(14)11(15)5-12(9)20-2/h4-6,8H,3,7,15H2,1-2H3,(H,17,19). The zero-order valence-electron chi connectivity index (χ0n) is 11.4. The summed E-state index contributed by atoms with van der Waals surface area (Å²) in [6, 6.07) is 2.93. The van der Waals surface area contributed by atoms with Crippen LogP contribution in [0.3, 0.4) is 0 Å². The van der Waals surface area contributed by atoms with Crippen molar-refractivity contribution >= 4 is 29.4 Å². The first-order chi connectivity index (χ1) is 9.55. The monoisotopic (exact) mass is 296 g/mol. The van der Waals surface area contributed by atoms with Crippen LogP contribution in [-0.2, 0) is 0 Å². The van der Waals surface area contributed by atoms with E-state index in [-0.39, 0.29) is 11.9 Å². The molecule has 1 amide bonds. The summed E-state index contributed by atoms with van der Waals surface area (Å²) in [6.07, 6.45) is 1.72. The third-order valence-corrected chi connectivity index (χ3v) is 3.39. The van der Waals surface area contributed by atoms with Gasteiger partial charge in [-0.1, -0.05) is 11.6 Å². The van der Waals surface area contributed by atoms with Crippen molar-refractivity contribution in [3.05, 3.63) is 22.7 Å². The molecule has 0 fully saturated rings. The van der Waals surface area contributed by atoms with Crippen LogP contribution in [0.15, 0.2) is 17.2 Å². The summed E-state index contributed by atoms with van der Waals surface area (Å²) >= 11 is 5.95. The minimum absolute atomic E-state index is 0.122. The number of hydrogen-bond acceptors (Lipinski definition) is 5. The highest BCUT2D eigenvalue weighted by Gasteiger charge is 2.21. The highest BCUT2D eigenvalue weighted by atomic mass is 35.5. The number of methoxy groups -OCH3 is 1. The molecule has 1 heterocycles. The summed E-state index contributed by atoms with van der Waals surface area (Å²) in [5, 5.41) is 9.24. The van der Waals surface area contributed by atoms with Gasteiger partial charge in [-0.2, -0.15) is 5.10 Å². The molecule has 0 saturated carbocycles. The number of hydrazone groups is 1. The number of ether oxygens (including phenoxy) is 1. The van der Waals surface area contributed by atoms with E-state index in [1.807, 2.05) is 11.9 Å². The first-order valence-corrected chi connectivity index (χ1v) is 6.65. The van der Waals surface area contributed by atoms with Crippen molar-refractivity contribution in [3.8, 4) is 5.75 Å². The number of nitrogens with two attached hydrogens (primary N) is 1. The largest absolute Gasteiger partial charge is 0.496 e. The van der Waals surface area contributed by atoms with Crippen LogP contribution in [0.2, 0.25) is 5.02 Å². The molecule has 1 aliphatic rings. The Balaban J connectivity index is 2.14. The molecular formula is C13H17ClN4O2. The van der Waals surface area contributed by atoms with Crippen molar-refractivity contribution in [2.45, 2.75) is 13.0 Å². The van der Waals surface area contributed by atoms with E-state index >= 15 is 0 Å². The van der Waals surface area contributed by atoms with Crippen LogP contribution in [0.25, 0.3) is 0 Å². The number of nitrogens with zero attached hydrogens (tertiary/aromatic N) is 2. The maximum atomic E-state index is 12.3. The zero-order valence-corrected chi connectivity index (χ0v) is 12.1. The summed E-state index contributed by atoms with van der Waals surface area (Å²) in [5.41, 5.74) is 6.42. The van der Waals surface area contributed by atoms with Gasteiger partial charge >= 0.3 is 0 Å². The molecule has 108 valence electrons. The van der Waals surface area contributed by atoms with Gasteiger partial charge in [-0.25, -0.2) is 0 Å². The number of benzene rings is 1. The summed E-state index contributed by atoms with van der Waals surface area (Å²) < 4.78 is 5.17. The van der Waals surface area contributed by atoms with Crippen molar-refractivity contribution in [2.75, 3.05) is 25.9 Å². The van der Waals surface area contributed by atoms with E-state index in [2.05, 4.69) is 10.4 Å². The number of hydrogen-bond donors (Lipinski definition) is 2. The van der Waals surface area contributed by atoms with E-state index in [9.17, 15) is 4.79 Å². The lowest BCUT2D eigenvalue weighted by Gasteiger charge is -2.16. The third kappa shape index (κ3) is 2.96. The van der Waals surface area contributed by atoms with Gasteiger partial charge < -0.3 is 15.8 Å².